The van der Waals surface area contributed by atoms with Gasteiger partial charge in [0.25, 0.3) is 5.69 Å². The Labute approximate surface area is 111 Å². The van der Waals surface area contributed by atoms with E-state index in [-0.39, 0.29) is 5.69 Å². The average molecular weight is 266 g/mol. The summed E-state index contributed by atoms with van der Waals surface area (Å²) in [5.41, 5.74) is 1.50. The van der Waals surface area contributed by atoms with Gasteiger partial charge >= 0.3 is 6.09 Å². The van der Waals surface area contributed by atoms with Gasteiger partial charge in [0.15, 0.2) is 0 Å². The van der Waals surface area contributed by atoms with Crippen molar-refractivity contribution in [2.24, 2.45) is 0 Å². The molecular weight excluding hydrogens is 248 g/mol. The van der Waals surface area contributed by atoms with E-state index in [1.54, 1.807) is 19.1 Å². The highest BCUT2D eigenvalue weighted by molar-refractivity contribution is 5.64. The molecule has 0 saturated carbocycles. The predicted molar refractivity (Wildman–Crippen MR) is 71.4 cm³/mol. The highest BCUT2D eigenvalue weighted by Gasteiger charge is 2.15. The number of nitrogens with zero attached hydrogens (tertiary/aromatic N) is 2. The van der Waals surface area contributed by atoms with Crippen molar-refractivity contribution in [1.82, 2.24) is 4.90 Å². The van der Waals surface area contributed by atoms with E-state index in [9.17, 15) is 14.9 Å². The lowest BCUT2D eigenvalue weighted by atomic mass is 10.0. The second-order valence-electron chi connectivity index (χ2n) is 4.34. The lowest BCUT2D eigenvalue weighted by molar-refractivity contribution is -0.385. The van der Waals surface area contributed by atoms with E-state index >= 15 is 0 Å². The maximum Gasteiger partial charge on any atom is 0.407 e. The maximum absolute atomic E-state index is 11.0. The van der Waals surface area contributed by atoms with E-state index in [4.69, 9.17) is 5.11 Å². The second-order valence-corrected chi connectivity index (χ2v) is 4.34. The summed E-state index contributed by atoms with van der Waals surface area (Å²) in [6.45, 7) is 4.43. The first-order valence-corrected chi connectivity index (χ1v) is 6.18. The fraction of sp³-hybridized carbons (Fsp3) is 0.462. The minimum Gasteiger partial charge on any atom is -0.465 e. The molecule has 1 aromatic rings. The molecule has 0 aliphatic rings. The van der Waals surface area contributed by atoms with Gasteiger partial charge in [-0.15, -0.1) is 0 Å². The van der Waals surface area contributed by atoms with Crippen LogP contribution in [-0.2, 0) is 6.42 Å². The zero-order valence-corrected chi connectivity index (χ0v) is 11.1. The third-order valence-electron chi connectivity index (χ3n) is 3.03. The second kappa shape index (κ2) is 6.72. The van der Waals surface area contributed by atoms with Gasteiger partial charge in [0.05, 0.1) is 4.92 Å². The van der Waals surface area contributed by atoms with Crippen LogP contribution in [0.1, 0.15) is 24.5 Å². The first kappa shape index (κ1) is 14.9. The number of carboxylic acid groups (broad SMARTS) is 1. The van der Waals surface area contributed by atoms with Crippen molar-refractivity contribution in [3.8, 4) is 0 Å². The van der Waals surface area contributed by atoms with Gasteiger partial charge in [-0.1, -0.05) is 19.1 Å². The number of nitro benzene ring substituents is 1. The Bertz CT molecular complexity index is 474. The number of amides is 1. The Morgan fingerprint density at radius 3 is 2.63 bits per heavy atom. The zero-order valence-electron chi connectivity index (χ0n) is 11.1. The molecule has 0 fully saturated rings. The van der Waals surface area contributed by atoms with Gasteiger partial charge in [0.2, 0.25) is 0 Å². The summed E-state index contributed by atoms with van der Waals surface area (Å²) >= 11 is 0. The van der Waals surface area contributed by atoms with Crippen LogP contribution >= 0.6 is 0 Å². The van der Waals surface area contributed by atoms with Gasteiger partial charge in [-0.3, -0.25) is 10.1 Å². The molecule has 0 aromatic heterocycles. The Morgan fingerprint density at radius 2 is 2.11 bits per heavy atom. The quantitative estimate of drug-likeness (QED) is 0.633. The molecule has 0 spiro atoms. The van der Waals surface area contributed by atoms with Crippen LogP contribution in [0.4, 0.5) is 10.5 Å². The van der Waals surface area contributed by atoms with Crippen LogP contribution in [0, 0.1) is 17.0 Å². The Kier molecular flexibility index (Phi) is 5.29. The van der Waals surface area contributed by atoms with E-state index in [0.717, 1.165) is 12.0 Å². The third-order valence-corrected chi connectivity index (χ3v) is 3.03. The molecule has 1 aromatic carbocycles. The molecular formula is C13H18N2O4. The van der Waals surface area contributed by atoms with E-state index < -0.39 is 11.0 Å². The summed E-state index contributed by atoms with van der Waals surface area (Å²) < 4.78 is 0. The van der Waals surface area contributed by atoms with Crippen LogP contribution in [0.5, 0.6) is 0 Å². The van der Waals surface area contributed by atoms with Crippen molar-refractivity contribution in [3.05, 3.63) is 39.4 Å². The number of benzene rings is 1. The molecule has 0 unspecified atom stereocenters. The molecule has 104 valence electrons. The standard InChI is InChI=1S/C13H18N2O4/c1-3-8-14(13(16)17)9-7-11-5-4-6-12(10(11)2)15(18)19/h4-6H,3,7-9H2,1-2H3,(H,16,17). The van der Waals surface area contributed by atoms with Crippen LogP contribution in [0.3, 0.4) is 0 Å². The molecule has 1 N–H and O–H groups in total. The van der Waals surface area contributed by atoms with Gasteiger partial charge < -0.3 is 10.0 Å². The monoisotopic (exact) mass is 266 g/mol. The van der Waals surface area contributed by atoms with Crippen LogP contribution in [0.2, 0.25) is 0 Å². The molecule has 6 heteroatoms. The summed E-state index contributed by atoms with van der Waals surface area (Å²) in [5.74, 6) is 0. The number of hydrogen-bond acceptors (Lipinski definition) is 3. The van der Waals surface area contributed by atoms with Crippen LogP contribution in [0.15, 0.2) is 18.2 Å². The first-order valence-electron chi connectivity index (χ1n) is 6.18. The highest BCUT2D eigenvalue weighted by Crippen LogP contribution is 2.21. The zero-order chi connectivity index (χ0) is 14.4. The Balaban J connectivity index is 2.80. The molecule has 0 atom stereocenters. The molecule has 0 bridgehead atoms. The summed E-state index contributed by atoms with van der Waals surface area (Å²) in [6, 6.07) is 4.89. The topological polar surface area (TPSA) is 83.7 Å². The van der Waals surface area contributed by atoms with Gasteiger partial charge in [-0.05, 0) is 25.3 Å². The molecule has 0 heterocycles. The molecule has 0 aliphatic heterocycles. The molecule has 0 saturated heterocycles. The van der Waals surface area contributed by atoms with E-state index in [1.807, 2.05) is 6.92 Å². The van der Waals surface area contributed by atoms with Crippen molar-refractivity contribution in [2.45, 2.75) is 26.7 Å². The van der Waals surface area contributed by atoms with Crippen molar-refractivity contribution in [1.29, 1.82) is 0 Å². The first-order chi connectivity index (χ1) is 8.97. The smallest absolute Gasteiger partial charge is 0.407 e. The van der Waals surface area contributed by atoms with Crippen molar-refractivity contribution < 1.29 is 14.8 Å². The van der Waals surface area contributed by atoms with Crippen molar-refractivity contribution in [3.63, 3.8) is 0 Å². The SMILES string of the molecule is CCCN(CCc1cccc([N+](=O)[O-])c1C)C(=O)O. The number of rotatable bonds is 6. The lowest BCUT2D eigenvalue weighted by Crippen LogP contribution is -2.32. The Morgan fingerprint density at radius 1 is 1.42 bits per heavy atom. The summed E-state index contributed by atoms with van der Waals surface area (Å²) in [7, 11) is 0. The molecule has 1 rings (SSSR count). The maximum atomic E-state index is 11.0. The molecule has 19 heavy (non-hydrogen) atoms. The molecule has 1 amide bonds. The van der Waals surface area contributed by atoms with Crippen molar-refractivity contribution in [2.75, 3.05) is 13.1 Å². The number of carbonyl (C=O) groups is 1. The number of nitro groups is 1. The molecule has 0 radical (unpaired) electrons. The van der Waals surface area contributed by atoms with Gasteiger partial charge in [-0.25, -0.2) is 4.79 Å². The van der Waals surface area contributed by atoms with Gasteiger partial charge in [0.1, 0.15) is 0 Å². The normalized spacial score (nSPS) is 10.2. The van der Waals surface area contributed by atoms with Crippen LogP contribution < -0.4 is 0 Å². The fourth-order valence-electron chi connectivity index (χ4n) is 1.97. The lowest BCUT2D eigenvalue weighted by Gasteiger charge is -2.18. The summed E-state index contributed by atoms with van der Waals surface area (Å²) in [6.07, 6.45) is 0.282. The average Bonchev–Trinajstić information content (AvgIpc) is 2.35. The molecule has 6 nitrogen and oxygen atoms in total. The van der Waals surface area contributed by atoms with Crippen LogP contribution in [0.25, 0.3) is 0 Å². The van der Waals surface area contributed by atoms with Gasteiger partial charge in [-0.2, -0.15) is 0 Å². The van der Waals surface area contributed by atoms with E-state index in [1.165, 1.54) is 11.0 Å². The highest BCUT2D eigenvalue weighted by atomic mass is 16.6. The van der Waals surface area contributed by atoms with Crippen LogP contribution in [-0.4, -0.2) is 34.1 Å². The third kappa shape index (κ3) is 3.94. The largest absolute Gasteiger partial charge is 0.465 e. The predicted octanol–water partition coefficient (Wildman–Crippen LogP) is 2.84. The minimum absolute atomic E-state index is 0.0786. The van der Waals surface area contributed by atoms with E-state index in [0.29, 0.717) is 25.1 Å². The fourth-order valence-corrected chi connectivity index (χ4v) is 1.97. The number of hydrogen-bond donors (Lipinski definition) is 1. The summed E-state index contributed by atoms with van der Waals surface area (Å²) in [5, 5.41) is 19.8. The summed E-state index contributed by atoms with van der Waals surface area (Å²) in [4.78, 5) is 22.7. The Hall–Kier alpha value is -2.11. The van der Waals surface area contributed by atoms with E-state index in [2.05, 4.69) is 0 Å². The van der Waals surface area contributed by atoms with Crippen molar-refractivity contribution >= 4 is 11.8 Å². The minimum atomic E-state index is -0.954. The molecule has 0 aliphatic carbocycles. The van der Waals surface area contributed by atoms with Gasteiger partial charge in [0, 0.05) is 24.7 Å².